The normalized spacial score (nSPS) is 26.0. The number of hydrogen-bond donors (Lipinski definition) is 2. The maximum absolute atomic E-state index is 13.2. The number of rotatable bonds is 2. The van der Waals surface area contributed by atoms with Gasteiger partial charge in [0, 0.05) is 12.8 Å². The Labute approximate surface area is 115 Å². The molecule has 1 aromatic carbocycles. The van der Waals surface area contributed by atoms with E-state index in [0.29, 0.717) is 25.2 Å². The van der Waals surface area contributed by atoms with Crippen LogP contribution in [-0.2, 0) is 4.79 Å². The van der Waals surface area contributed by atoms with Crippen molar-refractivity contribution in [2.24, 2.45) is 0 Å². The maximum atomic E-state index is 13.2. The first-order chi connectivity index (χ1) is 9.56. The lowest BCUT2D eigenvalue weighted by Crippen LogP contribution is -3.15. The van der Waals surface area contributed by atoms with Gasteiger partial charge in [0.05, 0.1) is 30.4 Å². The fourth-order valence-electron chi connectivity index (χ4n) is 2.82. The third-order valence-electron chi connectivity index (χ3n) is 3.98. The molecule has 2 aliphatic rings. The van der Waals surface area contributed by atoms with Crippen LogP contribution in [0, 0.1) is 5.82 Å². The smallest absolute Gasteiger partial charge is 0.303 e. The molecule has 1 aromatic rings. The van der Waals surface area contributed by atoms with E-state index >= 15 is 0 Å². The summed E-state index contributed by atoms with van der Waals surface area (Å²) in [5, 5.41) is 9.48. The highest BCUT2D eigenvalue weighted by Gasteiger charge is 2.38. The first kappa shape index (κ1) is 13.2. The quantitative estimate of drug-likeness (QED) is 0.707. The molecule has 2 N–H and O–H groups in total. The highest BCUT2D eigenvalue weighted by Crippen LogP contribution is 2.28. The molecule has 106 valence electrons. The summed E-state index contributed by atoms with van der Waals surface area (Å²) >= 11 is 0. The van der Waals surface area contributed by atoms with Crippen LogP contribution in [-0.4, -0.2) is 42.7 Å². The summed E-state index contributed by atoms with van der Waals surface area (Å²) in [7, 11) is 0. The molecule has 1 amide bonds. The second kappa shape index (κ2) is 4.96. The average Bonchev–Trinajstić information content (AvgIpc) is 2.66. The number of aliphatic hydroxyl groups excluding tert-OH is 1. The van der Waals surface area contributed by atoms with E-state index in [1.165, 1.54) is 17.0 Å². The molecule has 0 spiro atoms. The number of benzene rings is 1. The highest BCUT2D eigenvalue weighted by atomic mass is 19.1. The van der Waals surface area contributed by atoms with Gasteiger partial charge in [0.2, 0.25) is 0 Å². The van der Waals surface area contributed by atoms with Gasteiger partial charge in [-0.1, -0.05) is 0 Å². The van der Waals surface area contributed by atoms with Crippen LogP contribution < -0.4 is 9.80 Å². The predicted octanol–water partition coefficient (Wildman–Crippen LogP) is -0.648. The highest BCUT2D eigenvalue weighted by molar-refractivity contribution is 6.52. The molecule has 0 unspecified atom stereocenters. The van der Waals surface area contributed by atoms with Crippen molar-refractivity contribution in [3.63, 3.8) is 0 Å². The number of Topliss-reactive ketones (excluding diaryl/α,β-unsaturated/α-hetero) is 1. The minimum Gasteiger partial charge on any atom is -0.393 e. The lowest BCUT2D eigenvalue weighted by molar-refractivity contribution is -0.904. The zero-order valence-electron chi connectivity index (χ0n) is 10.9. The number of halogens is 1. The van der Waals surface area contributed by atoms with Gasteiger partial charge in [-0.25, -0.2) is 4.39 Å². The molecule has 20 heavy (non-hydrogen) atoms. The summed E-state index contributed by atoms with van der Waals surface area (Å²) in [4.78, 5) is 26.4. The topological polar surface area (TPSA) is 62.0 Å². The average molecular weight is 279 g/mol. The number of anilines is 1. The number of amides is 1. The Bertz CT molecular complexity index is 568. The molecule has 0 atom stereocenters. The van der Waals surface area contributed by atoms with Crippen LogP contribution in [0.4, 0.5) is 10.1 Å². The van der Waals surface area contributed by atoms with Gasteiger partial charge in [-0.15, -0.1) is 0 Å². The Kier molecular flexibility index (Phi) is 3.27. The number of hydrogen-bond acceptors (Lipinski definition) is 3. The van der Waals surface area contributed by atoms with E-state index in [1.807, 2.05) is 0 Å². The molecular weight excluding hydrogens is 263 g/mol. The van der Waals surface area contributed by atoms with E-state index in [4.69, 9.17) is 0 Å². The molecular formula is C14H16FN2O3+. The maximum Gasteiger partial charge on any atom is 0.303 e. The van der Waals surface area contributed by atoms with Crippen LogP contribution in [0.2, 0.25) is 0 Å². The SMILES string of the molecule is O=C1C(=O)N(C[NH+]2CCC(O)CC2)c2ccc(F)cc21. The van der Waals surface area contributed by atoms with Gasteiger partial charge in [0.15, 0.2) is 6.67 Å². The van der Waals surface area contributed by atoms with Crippen molar-refractivity contribution >= 4 is 17.4 Å². The van der Waals surface area contributed by atoms with E-state index in [0.717, 1.165) is 24.1 Å². The molecule has 2 aliphatic heterocycles. The fraction of sp³-hybridized carbons (Fsp3) is 0.429. The number of likely N-dealkylation sites (tertiary alicyclic amines) is 1. The molecule has 0 bridgehead atoms. The van der Waals surface area contributed by atoms with Crippen LogP contribution in [0.25, 0.3) is 0 Å². The van der Waals surface area contributed by atoms with Gasteiger partial charge in [-0.3, -0.25) is 14.5 Å². The summed E-state index contributed by atoms with van der Waals surface area (Å²) in [5.41, 5.74) is 0.631. The number of ketones is 1. The van der Waals surface area contributed by atoms with Gasteiger partial charge < -0.3 is 10.0 Å². The monoisotopic (exact) mass is 279 g/mol. The molecule has 0 aliphatic carbocycles. The molecule has 0 radical (unpaired) electrons. The lowest BCUT2D eigenvalue weighted by Gasteiger charge is -2.29. The van der Waals surface area contributed by atoms with Crippen molar-refractivity contribution in [1.29, 1.82) is 0 Å². The summed E-state index contributed by atoms with van der Waals surface area (Å²) in [6, 6.07) is 3.85. The number of carbonyl (C=O) groups excluding carboxylic acids is 2. The second-order valence-electron chi connectivity index (χ2n) is 5.36. The van der Waals surface area contributed by atoms with Crippen LogP contribution in [0.15, 0.2) is 18.2 Å². The van der Waals surface area contributed by atoms with Crippen molar-refractivity contribution < 1.29 is 24.0 Å². The van der Waals surface area contributed by atoms with Crippen molar-refractivity contribution in [3.05, 3.63) is 29.6 Å². The van der Waals surface area contributed by atoms with E-state index in [-0.39, 0.29) is 11.7 Å². The Morgan fingerprint density at radius 3 is 2.70 bits per heavy atom. The predicted molar refractivity (Wildman–Crippen MR) is 69.0 cm³/mol. The number of carbonyl (C=O) groups is 2. The van der Waals surface area contributed by atoms with Crippen LogP contribution in [0.1, 0.15) is 23.2 Å². The molecule has 6 heteroatoms. The van der Waals surface area contributed by atoms with E-state index in [2.05, 4.69) is 0 Å². The van der Waals surface area contributed by atoms with Gasteiger partial charge in [-0.2, -0.15) is 0 Å². The van der Waals surface area contributed by atoms with Crippen molar-refractivity contribution in [2.45, 2.75) is 18.9 Å². The van der Waals surface area contributed by atoms with Gasteiger partial charge in [0.25, 0.3) is 5.78 Å². The lowest BCUT2D eigenvalue weighted by atomic mass is 10.1. The Morgan fingerprint density at radius 2 is 2.00 bits per heavy atom. The Morgan fingerprint density at radius 1 is 1.30 bits per heavy atom. The number of nitrogens with zero attached hydrogens (tertiary/aromatic N) is 1. The largest absolute Gasteiger partial charge is 0.393 e. The zero-order valence-corrected chi connectivity index (χ0v) is 10.9. The van der Waals surface area contributed by atoms with E-state index < -0.39 is 17.5 Å². The van der Waals surface area contributed by atoms with Crippen LogP contribution in [0.3, 0.4) is 0 Å². The minimum absolute atomic E-state index is 0.145. The molecule has 3 rings (SSSR count). The fourth-order valence-corrected chi connectivity index (χ4v) is 2.82. The summed E-state index contributed by atoms with van der Waals surface area (Å²) in [6.45, 7) is 1.90. The first-order valence-corrected chi connectivity index (χ1v) is 6.73. The minimum atomic E-state index is -0.643. The second-order valence-corrected chi connectivity index (χ2v) is 5.36. The third kappa shape index (κ3) is 2.21. The number of quaternary nitrogens is 1. The third-order valence-corrected chi connectivity index (χ3v) is 3.98. The van der Waals surface area contributed by atoms with Gasteiger partial charge in [0.1, 0.15) is 5.82 Å². The van der Waals surface area contributed by atoms with Crippen molar-refractivity contribution in [1.82, 2.24) is 0 Å². The standard InChI is InChI=1S/C14H15FN2O3/c15-9-1-2-12-11(7-9)13(19)14(20)17(12)8-16-5-3-10(18)4-6-16/h1-2,7,10,18H,3-6,8H2/p+1. The number of piperidine rings is 1. The van der Waals surface area contributed by atoms with E-state index in [9.17, 15) is 19.1 Å². The van der Waals surface area contributed by atoms with Crippen molar-refractivity contribution in [2.75, 3.05) is 24.7 Å². The van der Waals surface area contributed by atoms with Crippen LogP contribution >= 0.6 is 0 Å². The number of fused-ring (bicyclic) bond motifs is 1. The molecule has 1 fully saturated rings. The molecule has 5 nitrogen and oxygen atoms in total. The van der Waals surface area contributed by atoms with Crippen molar-refractivity contribution in [3.8, 4) is 0 Å². The zero-order chi connectivity index (χ0) is 14.3. The molecule has 0 aromatic heterocycles. The van der Waals surface area contributed by atoms with Crippen LogP contribution in [0.5, 0.6) is 0 Å². The number of nitrogens with one attached hydrogen (secondary N) is 1. The van der Waals surface area contributed by atoms with Gasteiger partial charge >= 0.3 is 5.91 Å². The van der Waals surface area contributed by atoms with E-state index in [1.54, 1.807) is 0 Å². The summed E-state index contributed by atoms with van der Waals surface area (Å²) in [5.74, 6) is -1.75. The molecule has 0 saturated carbocycles. The Hall–Kier alpha value is -1.79. The summed E-state index contributed by atoms with van der Waals surface area (Å²) < 4.78 is 13.2. The number of aliphatic hydroxyl groups is 1. The first-order valence-electron chi connectivity index (χ1n) is 6.73. The summed E-state index contributed by atoms with van der Waals surface area (Å²) in [6.07, 6.45) is 1.12. The molecule has 1 saturated heterocycles. The Balaban J connectivity index is 1.81. The van der Waals surface area contributed by atoms with Gasteiger partial charge in [-0.05, 0) is 18.2 Å². The molecule has 2 heterocycles.